The Hall–Kier alpha value is -3.48. The summed E-state index contributed by atoms with van der Waals surface area (Å²) in [6.07, 6.45) is 2.28. The van der Waals surface area contributed by atoms with Crippen molar-refractivity contribution in [2.24, 2.45) is 5.73 Å². The zero-order valence-electron chi connectivity index (χ0n) is 14.6. The quantitative estimate of drug-likeness (QED) is 0.669. The summed E-state index contributed by atoms with van der Waals surface area (Å²) in [5, 5.41) is 0. The van der Waals surface area contributed by atoms with Crippen molar-refractivity contribution in [1.82, 2.24) is 9.97 Å². The van der Waals surface area contributed by atoms with E-state index in [0.29, 0.717) is 5.56 Å². The number of aromatic nitrogens is 2. The van der Waals surface area contributed by atoms with Crippen LogP contribution in [-0.4, -0.2) is 15.9 Å². The highest BCUT2D eigenvalue weighted by molar-refractivity contribution is 5.97. The van der Waals surface area contributed by atoms with Gasteiger partial charge in [0.1, 0.15) is 0 Å². The Labute approximate surface area is 159 Å². The van der Waals surface area contributed by atoms with Gasteiger partial charge in [0.15, 0.2) is 0 Å². The normalized spacial score (nSPS) is 12.0. The van der Waals surface area contributed by atoms with E-state index in [4.69, 9.17) is 5.73 Å². The molecule has 0 atom stereocenters. The van der Waals surface area contributed by atoms with E-state index in [2.05, 4.69) is 9.97 Å². The number of nitrogens with zero attached hydrogens (tertiary/aromatic N) is 2. The standard InChI is InChI=1S/C21H16F3N3O/c22-21(23,24)18-4-1-14(2-5-18)11-17(20(25)28)12-15-3-6-19(27-13-15)16-7-9-26-10-8-16/h1-11,13H,12H2,(H2,25,28). The van der Waals surface area contributed by atoms with Crippen molar-refractivity contribution in [2.75, 3.05) is 0 Å². The number of carbonyl (C=O) groups is 1. The van der Waals surface area contributed by atoms with E-state index in [9.17, 15) is 18.0 Å². The van der Waals surface area contributed by atoms with Crippen molar-refractivity contribution in [2.45, 2.75) is 12.6 Å². The largest absolute Gasteiger partial charge is 0.416 e. The van der Waals surface area contributed by atoms with Crippen molar-refractivity contribution >= 4 is 12.0 Å². The fourth-order valence-electron chi connectivity index (χ4n) is 2.62. The molecule has 0 unspecified atom stereocenters. The van der Waals surface area contributed by atoms with E-state index in [1.54, 1.807) is 18.6 Å². The third-order valence-corrected chi connectivity index (χ3v) is 4.09. The predicted octanol–water partition coefficient (Wildman–Crippen LogP) is 4.27. The van der Waals surface area contributed by atoms with Crippen molar-refractivity contribution in [3.63, 3.8) is 0 Å². The molecular formula is C21H16F3N3O. The molecule has 0 saturated heterocycles. The smallest absolute Gasteiger partial charge is 0.366 e. The van der Waals surface area contributed by atoms with Crippen LogP contribution < -0.4 is 5.73 Å². The molecule has 142 valence electrons. The van der Waals surface area contributed by atoms with Gasteiger partial charge >= 0.3 is 6.18 Å². The molecule has 0 fully saturated rings. The van der Waals surface area contributed by atoms with Crippen molar-refractivity contribution in [3.05, 3.63) is 89.4 Å². The Morgan fingerprint density at radius 2 is 1.68 bits per heavy atom. The lowest BCUT2D eigenvalue weighted by molar-refractivity contribution is -0.137. The molecule has 0 spiro atoms. The maximum absolute atomic E-state index is 12.7. The van der Waals surface area contributed by atoms with Crippen molar-refractivity contribution < 1.29 is 18.0 Å². The number of pyridine rings is 2. The van der Waals surface area contributed by atoms with Gasteiger partial charge in [-0.15, -0.1) is 0 Å². The number of rotatable bonds is 5. The van der Waals surface area contributed by atoms with Crippen LogP contribution in [-0.2, 0) is 17.4 Å². The molecule has 1 amide bonds. The number of hydrogen-bond acceptors (Lipinski definition) is 3. The van der Waals surface area contributed by atoms with E-state index in [1.165, 1.54) is 18.2 Å². The van der Waals surface area contributed by atoms with E-state index < -0.39 is 17.6 Å². The maximum atomic E-state index is 12.7. The van der Waals surface area contributed by atoms with Crippen LogP contribution >= 0.6 is 0 Å². The average molecular weight is 383 g/mol. The first-order valence-electron chi connectivity index (χ1n) is 8.36. The highest BCUT2D eigenvalue weighted by Crippen LogP contribution is 2.29. The first-order chi connectivity index (χ1) is 13.3. The van der Waals surface area contributed by atoms with E-state index in [0.717, 1.165) is 29.0 Å². The molecule has 7 heteroatoms. The Kier molecular flexibility index (Phi) is 5.54. The van der Waals surface area contributed by atoms with Crippen LogP contribution in [0.5, 0.6) is 0 Å². The van der Waals surface area contributed by atoms with Crippen LogP contribution in [0.1, 0.15) is 16.7 Å². The average Bonchev–Trinajstić information content (AvgIpc) is 2.68. The number of hydrogen-bond donors (Lipinski definition) is 1. The van der Waals surface area contributed by atoms with E-state index >= 15 is 0 Å². The molecule has 3 rings (SSSR count). The molecule has 0 radical (unpaired) electrons. The number of primary amides is 1. The number of benzene rings is 1. The molecule has 0 aliphatic rings. The van der Waals surface area contributed by atoms with Gasteiger partial charge in [-0.3, -0.25) is 14.8 Å². The molecular weight excluding hydrogens is 367 g/mol. The summed E-state index contributed by atoms with van der Waals surface area (Å²) in [6.45, 7) is 0. The van der Waals surface area contributed by atoms with Gasteiger partial charge in [0.05, 0.1) is 11.3 Å². The number of halogens is 3. The fourth-order valence-corrected chi connectivity index (χ4v) is 2.62. The van der Waals surface area contributed by atoms with Crippen LogP contribution in [0.15, 0.2) is 72.7 Å². The molecule has 28 heavy (non-hydrogen) atoms. The Balaban J connectivity index is 1.79. The predicted molar refractivity (Wildman–Crippen MR) is 99.8 cm³/mol. The summed E-state index contributed by atoms with van der Waals surface area (Å²) >= 11 is 0. The topological polar surface area (TPSA) is 68.9 Å². The Bertz CT molecular complexity index is 980. The summed E-state index contributed by atoms with van der Waals surface area (Å²) in [5.41, 5.74) is 7.86. The van der Waals surface area contributed by atoms with Gasteiger partial charge in [-0.1, -0.05) is 18.2 Å². The first-order valence-corrected chi connectivity index (χ1v) is 8.36. The Morgan fingerprint density at radius 1 is 1.00 bits per heavy atom. The molecule has 0 aliphatic heterocycles. The van der Waals surface area contributed by atoms with Gasteiger partial charge in [0.25, 0.3) is 0 Å². The lowest BCUT2D eigenvalue weighted by atomic mass is 10.0. The lowest BCUT2D eigenvalue weighted by Crippen LogP contribution is -2.15. The van der Waals surface area contributed by atoms with Gasteiger partial charge in [-0.2, -0.15) is 13.2 Å². The molecule has 0 bridgehead atoms. The minimum atomic E-state index is -4.41. The summed E-state index contributed by atoms with van der Waals surface area (Å²) < 4.78 is 38.0. The highest BCUT2D eigenvalue weighted by atomic mass is 19.4. The summed E-state index contributed by atoms with van der Waals surface area (Å²) in [4.78, 5) is 20.1. The number of nitrogens with two attached hydrogens (primary N) is 1. The van der Waals surface area contributed by atoms with Crippen LogP contribution in [0.3, 0.4) is 0 Å². The lowest BCUT2D eigenvalue weighted by Gasteiger charge is -2.08. The summed E-state index contributed by atoms with van der Waals surface area (Å²) in [6, 6.07) is 11.9. The third kappa shape index (κ3) is 4.82. The summed E-state index contributed by atoms with van der Waals surface area (Å²) in [7, 11) is 0. The fraction of sp³-hybridized carbons (Fsp3) is 0.0952. The maximum Gasteiger partial charge on any atom is 0.416 e. The van der Waals surface area contributed by atoms with Crippen LogP contribution in [0.2, 0.25) is 0 Å². The zero-order valence-corrected chi connectivity index (χ0v) is 14.6. The van der Waals surface area contributed by atoms with Crippen molar-refractivity contribution in [1.29, 1.82) is 0 Å². The SMILES string of the molecule is NC(=O)C(=Cc1ccc(C(F)(F)F)cc1)Cc1ccc(-c2ccncc2)nc1. The second-order valence-corrected chi connectivity index (χ2v) is 6.12. The van der Waals surface area contributed by atoms with Gasteiger partial charge in [0.2, 0.25) is 5.91 Å². The Morgan fingerprint density at radius 3 is 2.21 bits per heavy atom. The van der Waals surface area contributed by atoms with Crippen LogP contribution in [0.4, 0.5) is 13.2 Å². The number of carbonyl (C=O) groups excluding carboxylic acids is 1. The monoisotopic (exact) mass is 383 g/mol. The summed E-state index contributed by atoms with van der Waals surface area (Å²) in [5.74, 6) is -0.641. The second kappa shape index (κ2) is 8.04. The minimum Gasteiger partial charge on any atom is -0.366 e. The molecule has 4 nitrogen and oxygen atoms in total. The van der Waals surface area contributed by atoms with Gasteiger partial charge in [-0.05, 0) is 47.5 Å². The zero-order chi connectivity index (χ0) is 20.1. The second-order valence-electron chi connectivity index (χ2n) is 6.12. The number of alkyl halides is 3. The molecule has 0 saturated carbocycles. The van der Waals surface area contributed by atoms with E-state index in [1.807, 2.05) is 24.3 Å². The van der Waals surface area contributed by atoms with Gasteiger partial charge < -0.3 is 5.73 Å². The molecule has 2 heterocycles. The van der Waals surface area contributed by atoms with Crippen LogP contribution in [0.25, 0.3) is 17.3 Å². The molecule has 3 aromatic rings. The number of amides is 1. The molecule has 1 aromatic carbocycles. The molecule has 2 aromatic heterocycles. The van der Waals surface area contributed by atoms with Crippen molar-refractivity contribution in [3.8, 4) is 11.3 Å². The minimum absolute atomic E-state index is 0.222. The third-order valence-electron chi connectivity index (χ3n) is 4.09. The highest BCUT2D eigenvalue weighted by Gasteiger charge is 2.29. The van der Waals surface area contributed by atoms with E-state index in [-0.39, 0.29) is 12.0 Å². The van der Waals surface area contributed by atoms with Crippen LogP contribution in [0, 0.1) is 0 Å². The molecule has 2 N–H and O–H groups in total. The molecule has 0 aliphatic carbocycles. The van der Waals surface area contributed by atoms with Gasteiger partial charge in [0, 0.05) is 36.1 Å². The van der Waals surface area contributed by atoms with Gasteiger partial charge in [-0.25, -0.2) is 0 Å². The first kappa shape index (κ1) is 19.3.